The topological polar surface area (TPSA) is 59.5 Å². The SMILES string of the molecule is CCOCc1nc(NC)cc(OCCN(C)C2CC2)n1. The normalized spacial score (nSPS) is 14.6. The lowest BCUT2D eigenvalue weighted by atomic mass is 10.5. The van der Waals surface area contributed by atoms with Gasteiger partial charge in [0.2, 0.25) is 5.88 Å². The lowest BCUT2D eigenvalue weighted by molar-refractivity contribution is 0.127. The van der Waals surface area contributed by atoms with Crippen LogP contribution in [0, 0.1) is 0 Å². The Balaban J connectivity index is 1.87. The number of anilines is 1. The molecule has 2 rings (SSSR count). The van der Waals surface area contributed by atoms with E-state index in [1.807, 2.05) is 20.0 Å². The molecule has 6 nitrogen and oxygen atoms in total. The Hall–Kier alpha value is -1.40. The minimum atomic E-state index is 0.407. The van der Waals surface area contributed by atoms with Gasteiger partial charge in [-0.15, -0.1) is 0 Å². The van der Waals surface area contributed by atoms with Gasteiger partial charge < -0.3 is 19.7 Å². The standard InChI is InChI=1S/C14H24N4O2/c1-4-19-10-13-16-12(15-2)9-14(17-13)20-8-7-18(3)11-5-6-11/h9,11H,4-8,10H2,1-3H3,(H,15,16,17). The Morgan fingerprint density at radius 2 is 2.20 bits per heavy atom. The molecule has 0 aromatic carbocycles. The zero-order valence-corrected chi connectivity index (χ0v) is 12.6. The molecular weight excluding hydrogens is 256 g/mol. The lowest BCUT2D eigenvalue weighted by Crippen LogP contribution is -2.26. The van der Waals surface area contributed by atoms with E-state index in [2.05, 4.69) is 27.2 Å². The smallest absolute Gasteiger partial charge is 0.218 e. The van der Waals surface area contributed by atoms with E-state index >= 15 is 0 Å². The van der Waals surface area contributed by atoms with Crippen molar-refractivity contribution >= 4 is 5.82 Å². The molecule has 1 fully saturated rings. The highest BCUT2D eigenvalue weighted by Crippen LogP contribution is 2.24. The summed E-state index contributed by atoms with van der Waals surface area (Å²) in [5.74, 6) is 1.99. The zero-order chi connectivity index (χ0) is 14.4. The second-order valence-electron chi connectivity index (χ2n) is 4.96. The molecule has 112 valence electrons. The first-order valence-electron chi connectivity index (χ1n) is 7.19. The number of nitrogens with one attached hydrogen (secondary N) is 1. The van der Waals surface area contributed by atoms with Crippen LogP contribution in [-0.2, 0) is 11.3 Å². The van der Waals surface area contributed by atoms with Crippen molar-refractivity contribution in [2.75, 3.05) is 39.2 Å². The van der Waals surface area contributed by atoms with Gasteiger partial charge in [-0.25, -0.2) is 4.98 Å². The minimum Gasteiger partial charge on any atom is -0.476 e. The molecule has 1 aliphatic rings. The number of hydrogen-bond donors (Lipinski definition) is 1. The quantitative estimate of drug-likeness (QED) is 0.740. The number of ether oxygens (including phenoxy) is 2. The van der Waals surface area contributed by atoms with Crippen LogP contribution >= 0.6 is 0 Å². The van der Waals surface area contributed by atoms with Gasteiger partial charge in [0, 0.05) is 32.3 Å². The summed E-state index contributed by atoms with van der Waals surface area (Å²) in [5, 5.41) is 3.01. The monoisotopic (exact) mass is 280 g/mol. The summed E-state index contributed by atoms with van der Waals surface area (Å²) in [6.45, 7) is 4.57. The van der Waals surface area contributed by atoms with Crippen molar-refractivity contribution in [2.24, 2.45) is 0 Å². The van der Waals surface area contributed by atoms with Crippen molar-refractivity contribution in [1.82, 2.24) is 14.9 Å². The molecule has 0 radical (unpaired) electrons. The summed E-state index contributed by atoms with van der Waals surface area (Å²) in [7, 11) is 3.97. The summed E-state index contributed by atoms with van der Waals surface area (Å²) >= 11 is 0. The molecule has 1 N–H and O–H groups in total. The van der Waals surface area contributed by atoms with E-state index in [1.54, 1.807) is 0 Å². The van der Waals surface area contributed by atoms with Crippen molar-refractivity contribution in [3.8, 4) is 5.88 Å². The number of rotatable bonds is 9. The average molecular weight is 280 g/mol. The predicted octanol–water partition coefficient (Wildman–Crippen LogP) is 1.53. The van der Waals surface area contributed by atoms with E-state index in [1.165, 1.54) is 12.8 Å². The highest BCUT2D eigenvalue weighted by atomic mass is 16.5. The van der Waals surface area contributed by atoms with Crippen molar-refractivity contribution in [2.45, 2.75) is 32.4 Å². The molecule has 1 aromatic heterocycles. The fourth-order valence-corrected chi connectivity index (χ4v) is 1.92. The molecule has 6 heteroatoms. The highest BCUT2D eigenvalue weighted by Gasteiger charge is 2.25. The van der Waals surface area contributed by atoms with Gasteiger partial charge in [-0.3, -0.25) is 0 Å². The van der Waals surface area contributed by atoms with Crippen LogP contribution in [0.1, 0.15) is 25.6 Å². The Bertz CT molecular complexity index is 424. The Kier molecular flexibility index (Phi) is 5.55. The van der Waals surface area contributed by atoms with E-state index in [4.69, 9.17) is 9.47 Å². The van der Waals surface area contributed by atoms with Crippen LogP contribution in [0.4, 0.5) is 5.82 Å². The van der Waals surface area contributed by atoms with Crippen LogP contribution in [0.25, 0.3) is 0 Å². The first kappa shape index (κ1) is 15.0. The largest absolute Gasteiger partial charge is 0.476 e. The molecule has 1 heterocycles. The van der Waals surface area contributed by atoms with Gasteiger partial charge in [-0.2, -0.15) is 4.98 Å². The molecule has 0 unspecified atom stereocenters. The number of likely N-dealkylation sites (N-methyl/N-ethyl adjacent to an activating group) is 1. The van der Waals surface area contributed by atoms with Crippen molar-refractivity contribution in [3.05, 3.63) is 11.9 Å². The molecule has 1 aliphatic carbocycles. The highest BCUT2D eigenvalue weighted by molar-refractivity contribution is 5.37. The summed E-state index contributed by atoms with van der Waals surface area (Å²) in [4.78, 5) is 11.0. The maximum atomic E-state index is 5.73. The third-order valence-corrected chi connectivity index (χ3v) is 3.30. The van der Waals surface area contributed by atoms with Gasteiger partial charge >= 0.3 is 0 Å². The number of aromatic nitrogens is 2. The zero-order valence-electron chi connectivity index (χ0n) is 12.6. The average Bonchev–Trinajstić information content (AvgIpc) is 3.29. The molecule has 0 spiro atoms. The maximum absolute atomic E-state index is 5.73. The molecule has 1 aromatic rings. The molecule has 20 heavy (non-hydrogen) atoms. The molecule has 0 atom stereocenters. The summed E-state index contributed by atoms with van der Waals surface area (Å²) in [6, 6.07) is 2.57. The van der Waals surface area contributed by atoms with E-state index < -0.39 is 0 Å². The third-order valence-electron chi connectivity index (χ3n) is 3.30. The number of nitrogens with zero attached hydrogens (tertiary/aromatic N) is 3. The van der Waals surface area contributed by atoms with Crippen molar-refractivity contribution in [1.29, 1.82) is 0 Å². The van der Waals surface area contributed by atoms with Crippen LogP contribution in [0.2, 0.25) is 0 Å². The Morgan fingerprint density at radius 1 is 1.40 bits per heavy atom. The van der Waals surface area contributed by atoms with Gasteiger partial charge in [0.1, 0.15) is 19.0 Å². The molecular formula is C14H24N4O2. The lowest BCUT2D eigenvalue weighted by Gasteiger charge is -2.16. The number of hydrogen-bond acceptors (Lipinski definition) is 6. The van der Waals surface area contributed by atoms with Gasteiger partial charge in [-0.05, 0) is 26.8 Å². The summed E-state index contributed by atoms with van der Waals surface area (Å²) in [6.07, 6.45) is 2.62. The van der Waals surface area contributed by atoms with Crippen LogP contribution in [-0.4, -0.2) is 54.8 Å². The van der Waals surface area contributed by atoms with E-state index in [9.17, 15) is 0 Å². The van der Waals surface area contributed by atoms with E-state index in [-0.39, 0.29) is 0 Å². The van der Waals surface area contributed by atoms with Crippen LogP contribution in [0.3, 0.4) is 0 Å². The fourth-order valence-electron chi connectivity index (χ4n) is 1.92. The second kappa shape index (κ2) is 7.40. The first-order valence-corrected chi connectivity index (χ1v) is 7.19. The van der Waals surface area contributed by atoms with Gasteiger partial charge in [0.05, 0.1) is 0 Å². The molecule has 1 saturated carbocycles. The maximum Gasteiger partial charge on any atom is 0.218 e. The molecule has 0 saturated heterocycles. The van der Waals surface area contributed by atoms with E-state index in [0.29, 0.717) is 31.5 Å². The second-order valence-corrected chi connectivity index (χ2v) is 4.96. The van der Waals surface area contributed by atoms with Crippen LogP contribution in [0.5, 0.6) is 5.88 Å². The van der Waals surface area contributed by atoms with E-state index in [0.717, 1.165) is 18.4 Å². The first-order chi connectivity index (χ1) is 9.72. The van der Waals surface area contributed by atoms with Crippen LogP contribution in [0.15, 0.2) is 6.07 Å². The minimum absolute atomic E-state index is 0.407. The summed E-state index contributed by atoms with van der Waals surface area (Å²) < 4.78 is 11.1. The van der Waals surface area contributed by atoms with Gasteiger partial charge in [0.15, 0.2) is 5.82 Å². The molecule has 0 bridgehead atoms. The van der Waals surface area contributed by atoms with Gasteiger partial charge in [-0.1, -0.05) is 0 Å². The van der Waals surface area contributed by atoms with Crippen LogP contribution < -0.4 is 10.1 Å². The third kappa shape index (κ3) is 4.61. The van der Waals surface area contributed by atoms with Gasteiger partial charge in [0.25, 0.3) is 0 Å². The summed E-state index contributed by atoms with van der Waals surface area (Å²) in [5.41, 5.74) is 0. The Labute approximate surface area is 120 Å². The molecule has 0 aliphatic heterocycles. The molecule has 0 amide bonds. The fraction of sp³-hybridized carbons (Fsp3) is 0.714. The van der Waals surface area contributed by atoms with Crippen molar-refractivity contribution in [3.63, 3.8) is 0 Å². The Morgan fingerprint density at radius 3 is 2.85 bits per heavy atom. The van der Waals surface area contributed by atoms with Crippen molar-refractivity contribution < 1.29 is 9.47 Å². The predicted molar refractivity (Wildman–Crippen MR) is 78.1 cm³/mol.